The molecular weight excluding hydrogens is 398 g/mol. The normalized spacial score (nSPS) is 20.1. The van der Waals surface area contributed by atoms with Crippen LogP contribution in [0.2, 0.25) is 0 Å². The topological polar surface area (TPSA) is 63.7 Å². The van der Waals surface area contributed by atoms with Crippen LogP contribution < -0.4 is 14.8 Å². The Morgan fingerprint density at radius 2 is 2.03 bits per heavy atom. The maximum Gasteiger partial charge on any atom is 0.241 e. The number of carbonyl (C=O) groups is 1. The third-order valence-corrected chi connectivity index (χ3v) is 7.05. The van der Waals surface area contributed by atoms with E-state index >= 15 is 0 Å². The number of likely N-dealkylation sites (tertiary alicyclic amines) is 1. The number of nitrogens with one attached hydrogen (secondary N) is 1. The number of hydrogen-bond donors (Lipinski definition) is 1. The summed E-state index contributed by atoms with van der Waals surface area (Å²) in [5.74, 6) is 1.78. The van der Waals surface area contributed by atoms with Crippen molar-refractivity contribution in [3.05, 3.63) is 47.5 Å². The highest BCUT2D eigenvalue weighted by Crippen LogP contribution is 2.34. The molecule has 0 aliphatic carbocycles. The summed E-state index contributed by atoms with van der Waals surface area (Å²) in [7, 11) is 0. The van der Waals surface area contributed by atoms with Gasteiger partial charge in [0.05, 0.1) is 21.3 Å². The largest absolute Gasteiger partial charge is 0.486 e. The van der Waals surface area contributed by atoms with Gasteiger partial charge in [0.2, 0.25) is 5.91 Å². The van der Waals surface area contributed by atoms with Crippen molar-refractivity contribution in [2.75, 3.05) is 31.6 Å². The second-order valence-corrected chi connectivity index (χ2v) is 8.94. The first-order valence-electron chi connectivity index (χ1n) is 10.5. The number of carbonyl (C=O) groups excluding carboxylic acids is 1. The Morgan fingerprint density at radius 1 is 1.20 bits per heavy atom. The summed E-state index contributed by atoms with van der Waals surface area (Å²) in [6.45, 7) is 4.85. The SMILES string of the molecule is C[C@@H](C(=O)Nc1ccc2c(c1)OCCO2)N1CCC[C@H](c2nc3ccccc3s2)C1. The number of thiazole rings is 1. The van der Waals surface area contributed by atoms with Crippen molar-refractivity contribution in [3.63, 3.8) is 0 Å². The molecule has 30 heavy (non-hydrogen) atoms. The number of ether oxygens (including phenoxy) is 2. The van der Waals surface area contributed by atoms with Crippen molar-refractivity contribution in [2.24, 2.45) is 0 Å². The van der Waals surface area contributed by atoms with Crippen molar-refractivity contribution < 1.29 is 14.3 Å². The second-order valence-electron chi connectivity index (χ2n) is 7.88. The highest BCUT2D eigenvalue weighted by Gasteiger charge is 2.30. The van der Waals surface area contributed by atoms with Crippen LogP contribution in [0.15, 0.2) is 42.5 Å². The number of anilines is 1. The van der Waals surface area contributed by atoms with E-state index in [1.807, 2.05) is 31.2 Å². The summed E-state index contributed by atoms with van der Waals surface area (Å²) >= 11 is 1.78. The number of piperidine rings is 1. The van der Waals surface area contributed by atoms with Crippen LogP contribution in [0.1, 0.15) is 30.7 Å². The van der Waals surface area contributed by atoms with Crippen LogP contribution >= 0.6 is 11.3 Å². The minimum atomic E-state index is -0.213. The molecule has 1 amide bonds. The molecule has 0 radical (unpaired) electrons. The van der Waals surface area contributed by atoms with Crippen LogP contribution in [0.5, 0.6) is 11.5 Å². The molecule has 2 aliphatic rings. The zero-order valence-corrected chi connectivity index (χ0v) is 17.8. The Hall–Kier alpha value is -2.64. The van der Waals surface area contributed by atoms with E-state index in [2.05, 4.69) is 28.4 Å². The first-order valence-corrected chi connectivity index (χ1v) is 11.3. The van der Waals surface area contributed by atoms with Gasteiger partial charge in [-0.15, -0.1) is 11.3 Å². The van der Waals surface area contributed by atoms with Crippen molar-refractivity contribution >= 4 is 33.1 Å². The van der Waals surface area contributed by atoms with E-state index in [4.69, 9.17) is 14.5 Å². The predicted octanol–water partition coefficient (Wildman–Crippen LogP) is 4.27. The predicted molar refractivity (Wildman–Crippen MR) is 119 cm³/mol. The van der Waals surface area contributed by atoms with Crippen molar-refractivity contribution in [3.8, 4) is 11.5 Å². The van der Waals surface area contributed by atoms with Crippen LogP contribution in [0, 0.1) is 0 Å². The molecule has 2 aliphatic heterocycles. The molecule has 2 aromatic carbocycles. The molecule has 6 nitrogen and oxygen atoms in total. The molecule has 1 N–H and O–H groups in total. The van der Waals surface area contributed by atoms with Gasteiger partial charge < -0.3 is 14.8 Å². The van der Waals surface area contributed by atoms with Gasteiger partial charge in [-0.25, -0.2) is 4.98 Å². The van der Waals surface area contributed by atoms with Gasteiger partial charge in [0.15, 0.2) is 11.5 Å². The first kappa shape index (κ1) is 19.3. The fourth-order valence-electron chi connectivity index (χ4n) is 4.16. The molecular formula is C23H25N3O3S. The lowest BCUT2D eigenvalue weighted by Crippen LogP contribution is -2.46. The van der Waals surface area contributed by atoms with Gasteiger partial charge in [-0.1, -0.05) is 12.1 Å². The van der Waals surface area contributed by atoms with E-state index in [0.29, 0.717) is 24.9 Å². The van der Waals surface area contributed by atoms with Crippen molar-refractivity contribution in [1.29, 1.82) is 0 Å². The molecule has 0 bridgehead atoms. The van der Waals surface area contributed by atoms with Crippen LogP contribution in [0.25, 0.3) is 10.2 Å². The molecule has 0 unspecified atom stereocenters. The molecule has 1 fully saturated rings. The lowest BCUT2D eigenvalue weighted by molar-refractivity contribution is -0.121. The quantitative estimate of drug-likeness (QED) is 0.679. The zero-order valence-electron chi connectivity index (χ0n) is 17.0. The van der Waals surface area contributed by atoms with Gasteiger partial charge in [-0.3, -0.25) is 9.69 Å². The van der Waals surface area contributed by atoms with E-state index in [-0.39, 0.29) is 11.9 Å². The van der Waals surface area contributed by atoms with Crippen LogP contribution in [-0.2, 0) is 4.79 Å². The monoisotopic (exact) mass is 423 g/mol. The minimum Gasteiger partial charge on any atom is -0.486 e. The molecule has 1 saturated heterocycles. The summed E-state index contributed by atoms with van der Waals surface area (Å²) in [6, 6.07) is 13.6. The van der Waals surface area contributed by atoms with Crippen LogP contribution in [0.4, 0.5) is 5.69 Å². The highest BCUT2D eigenvalue weighted by atomic mass is 32.1. The highest BCUT2D eigenvalue weighted by molar-refractivity contribution is 7.18. The van der Waals surface area contributed by atoms with Gasteiger partial charge in [-0.2, -0.15) is 0 Å². The number of benzene rings is 2. The lowest BCUT2D eigenvalue weighted by Gasteiger charge is -2.35. The molecule has 3 heterocycles. The summed E-state index contributed by atoms with van der Waals surface area (Å²) in [4.78, 5) is 20.0. The fourth-order valence-corrected chi connectivity index (χ4v) is 5.25. The average Bonchev–Trinajstić information content (AvgIpc) is 3.23. The average molecular weight is 424 g/mol. The number of nitrogens with zero attached hydrogens (tertiary/aromatic N) is 2. The van der Waals surface area contributed by atoms with Gasteiger partial charge >= 0.3 is 0 Å². The first-order chi connectivity index (χ1) is 14.7. The molecule has 3 aromatic rings. The van der Waals surface area contributed by atoms with Crippen LogP contribution in [-0.4, -0.2) is 48.1 Å². The molecule has 7 heteroatoms. The van der Waals surface area contributed by atoms with Crippen molar-refractivity contribution in [2.45, 2.75) is 31.7 Å². The second kappa shape index (κ2) is 8.24. The van der Waals surface area contributed by atoms with E-state index in [9.17, 15) is 4.79 Å². The maximum absolute atomic E-state index is 12.9. The number of aromatic nitrogens is 1. The van der Waals surface area contributed by atoms with Crippen LogP contribution in [0.3, 0.4) is 0 Å². The third-order valence-electron chi connectivity index (χ3n) is 5.85. The number of rotatable bonds is 4. The Labute approximate surface area is 179 Å². The molecule has 1 aromatic heterocycles. The Bertz CT molecular complexity index is 1030. The summed E-state index contributed by atoms with van der Waals surface area (Å²) < 4.78 is 12.4. The Morgan fingerprint density at radius 3 is 2.90 bits per heavy atom. The molecule has 0 saturated carbocycles. The molecule has 0 spiro atoms. The Balaban J connectivity index is 1.26. The molecule has 156 valence electrons. The number of fused-ring (bicyclic) bond motifs is 2. The number of para-hydroxylation sites is 1. The molecule has 5 rings (SSSR count). The van der Waals surface area contributed by atoms with E-state index < -0.39 is 0 Å². The zero-order chi connectivity index (χ0) is 20.5. The summed E-state index contributed by atoms with van der Waals surface area (Å²) in [5, 5.41) is 4.22. The lowest BCUT2D eigenvalue weighted by atomic mass is 9.97. The van der Waals surface area contributed by atoms with Gasteiger partial charge in [0.25, 0.3) is 0 Å². The Kier molecular flexibility index (Phi) is 5.31. The van der Waals surface area contributed by atoms with Crippen molar-refractivity contribution in [1.82, 2.24) is 9.88 Å². The summed E-state index contributed by atoms with van der Waals surface area (Å²) in [5.41, 5.74) is 1.80. The standard InChI is InChI=1S/C23H25N3O3S/c1-15(22(27)24-17-8-9-19-20(13-17)29-12-11-28-19)26-10-4-5-16(14-26)23-25-18-6-2-3-7-21(18)30-23/h2-3,6-9,13,15-16H,4-5,10-12,14H2,1H3,(H,24,27)/t15-,16-/m0/s1. The van der Waals surface area contributed by atoms with Gasteiger partial charge in [0, 0.05) is 24.2 Å². The van der Waals surface area contributed by atoms with Gasteiger partial charge in [0.1, 0.15) is 13.2 Å². The minimum absolute atomic E-state index is 0.00312. The van der Waals surface area contributed by atoms with E-state index in [0.717, 1.165) is 42.9 Å². The smallest absolute Gasteiger partial charge is 0.241 e. The fraction of sp³-hybridized carbons (Fsp3) is 0.391. The maximum atomic E-state index is 12.9. The van der Waals surface area contributed by atoms with Gasteiger partial charge in [-0.05, 0) is 50.6 Å². The number of amides is 1. The summed E-state index contributed by atoms with van der Waals surface area (Å²) in [6.07, 6.45) is 2.19. The van der Waals surface area contributed by atoms with E-state index in [1.165, 1.54) is 9.71 Å². The van der Waals surface area contributed by atoms with E-state index in [1.54, 1.807) is 11.3 Å². The number of hydrogen-bond acceptors (Lipinski definition) is 6. The third kappa shape index (κ3) is 3.87. The molecule has 2 atom stereocenters.